The SMILES string of the molecule is O=C(c1ccc(O)cc1)N1C=C2CC=CC=C2C1. The molecule has 0 spiro atoms. The first-order valence-electron chi connectivity index (χ1n) is 5.91. The number of rotatable bonds is 1. The molecule has 3 heteroatoms. The maximum absolute atomic E-state index is 12.3. The summed E-state index contributed by atoms with van der Waals surface area (Å²) in [7, 11) is 0. The van der Waals surface area contributed by atoms with E-state index in [1.165, 1.54) is 23.3 Å². The Morgan fingerprint density at radius 1 is 1.17 bits per heavy atom. The number of fused-ring (bicyclic) bond motifs is 1. The smallest absolute Gasteiger partial charge is 0.258 e. The molecule has 0 atom stereocenters. The molecule has 0 bridgehead atoms. The van der Waals surface area contributed by atoms with Crippen LogP contribution in [-0.4, -0.2) is 22.5 Å². The third-order valence-electron chi connectivity index (χ3n) is 3.21. The minimum Gasteiger partial charge on any atom is -0.508 e. The monoisotopic (exact) mass is 239 g/mol. The molecule has 3 nitrogen and oxygen atoms in total. The predicted molar refractivity (Wildman–Crippen MR) is 69.1 cm³/mol. The maximum Gasteiger partial charge on any atom is 0.258 e. The largest absolute Gasteiger partial charge is 0.508 e. The number of phenolic OH excluding ortho intramolecular Hbond substituents is 1. The Hall–Kier alpha value is -2.29. The first-order valence-corrected chi connectivity index (χ1v) is 5.91. The van der Waals surface area contributed by atoms with Gasteiger partial charge in [-0.1, -0.05) is 18.2 Å². The zero-order valence-electron chi connectivity index (χ0n) is 9.84. The van der Waals surface area contributed by atoms with Crippen molar-refractivity contribution in [3.05, 3.63) is 65.4 Å². The molecule has 0 fully saturated rings. The van der Waals surface area contributed by atoms with Gasteiger partial charge in [-0.2, -0.15) is 0 Å². The highest BCUT2D eigenvalue weighted by molar-refractivity contribution is 5.95. The number of hydrogen-bond acceptors (Lipinski definition) is 2. The van der Waals surface area contributed by atoms with Gasteiger partial charge in [0.1, 0.15) is 5.75 Å². The van der Waals surface area contributed by atoms with Gasteiger partial charge in [0.2, 0.25) is 0 Å². The molecule has 0 radical (unpaired) electrons. The quantitative estimate of drug-likeness (QED) is 0.818. The highest BCUT2D eigenvalue weighted by Gasteiger charge is 2.23. The molecule has 1 aliphatic carbocycles. The van der Waals surface area contributed by atoms with Gasteiger partial charge in [0.05, 0.1) is 6.54 Å². The predicted octanol–water partition coefficient (Wildman–Crippen LogP) is 2.62. The molecule has 18 heavy (non-hydrogen) atoms. The van der Waals surface area contributed by atoms with Crippen LogP contribution in [0.1, 0.15) is 16.8 Å². The number of carbonyl (C=O) groups is 1. The fourth-order valence-electron chi connectivity index (χ4n) is 2.22. The lowest BCUT2D eigenvalue weighted by Gasteiger charge is -2.13. The molecular formula is C15H13NO2. The van der Waals surface area contributed by atoms with Crippen molar-refractivity contribution in [2.24, 2.45) is 0 Å². The lowest BCUT2D eigenvalue weighted by Crippen LogP contribution is -2.24. The molecule has 1 amide bonds. The molecule has 0 unspecified atom stereocenters. The Morgan fingerprint density at radius 3 is 2.67 bits per heavy atom. The van der Waals surface area contributed by atoms with Crippen molar-refractivity contribution >= 4 is 5.91 Å². The van der Waals surface area contributed by atoms with Gasteiger partial charge in [-0.3, -0.25) is 4.79 Å². The van der Waals surface area contributed by atoms with Gasteiger partial charge in [0, 0.05) is 11.8 Å². The lowest BCUT2D eigenvalue weighted by molar-refractivity contribution is 0.0839. The molecule has 0 aromatic heterocycles. The Kier molecular flexibility index (Phi) is 2.52. The van der Waals surface area contributed by atoms with Gasteiger partial charge in [0.25, 0.3) is 5.91 Å². The second kappa shape index (κ2) is 4.18. The van der Waals surface area contributed by atoms with Crippen molar-refractivity contribution < 1.29 is 9.90 Å². The highest BCUT2D eigenvalue weighted by Crippen LogP contribution is 2.28. The van der Waals surface area contributed by atoms with Crippen LogP contribution in [0.3, 0.4) is 0 Å². The summed E-state index contributed by atoms with van der Waals surface area (Å²) in [4.78, 5) is 14.0. The molecule has 90 valence electrons. The third kappa shape index (κ3) is 1.84. The number of carbonyl (C=O) groups excluding carboxylic acids is 1. The van der Waals surface area contributed by atoms with E-state index in [-0.39, 0.29) is 11.7 Å². The average Bonchev–Trinajstić information content (AvgIpc) is 2.82. The minimum absolute atomic E-state index is 0.0298. The first kappa shape index (κ1) is 10.8. The molecule has 1 N–H and O–H groups in total. The lowest BCUT2D eigenvalue weighted by atomic mass is 10.0. The van der Waals surface area contributed by atoms with Crippen molar-refractivity contribution in [3.8, 4) is 5.75 Å². The number of nitrogens with zero attached hydrogens (tertiary/aromatic N) is 1. The zero-order valence-corrected chi connectivity index (χ0v) is 9.84. The number of aromatic hydroxyl groups is 1. The van der Waals surface area contributed by atoms with Gasteiger partial charge in [0.15, 0.2) is 0 Å². The van der Waals surface area contributed by atoms with Gasteiger partial charge >= 0.3 is 0 Å². The Labute approximate surface area is 105 Å². The number of allylic oxidation sites excluding steroid dienone is 3. The van der Waals surface area contributed by atoms with Crippen molar-refractivity contribution in [3.63, 3.8) is 0 Å². The Balaban J connectivity index is 1.83. The summed E-state index contributed by atoms with van der Waals surface area (Å²) >= 11 is 0. The van der Waals surface area contributed by atoms with Crippen LogP contribution in [0, 0.1) is 0 Å². The summed E-state index contributed by atoms with van der Waals surface area (Å²) in [6, 6.07) is 6.35. The van der Waals surface area contributed by atoms with Crippen molar-refractivity contribution in [1.82, 2.24) is 4.90 Å². The van der Waals surface area contributed by atoms with E-state index in [1.54, 1.807) is 17.0 Å². The summed E-state index contributed by atoms with van der Waals surface area (Å²) in [5, 5.41) is 9.22. The number of amides is 1. The Bertz CT molecular complexity index is 579. The van der Waals surface area contributed by atoms with Crippen molar-refractivity contribution in [1.29, 1.82) is 0 Å². The minimum atomic E-state index is -0.0298. The van der Waals surface area contributed by atoms with Crippen LogP contribution in [0.5, 0.6) is 5.75 Å². The van der Waals surface area contributed by atoms with Crippen molar-refractivity contribution in [2.45, 2.75) is 6.42 Å². The summed E-state index contributed by atoms with van der Waals surface area (Å²) in [6.07, 6.45) is 8.99. The molecular weight excluding hydrogens is 226 g/mol. The zero-order chi connectivity index (χ0) is 12.5. The van der Waals surface area contributed by atoms with Crippen LogP contribution < -0.4 is 0 Å². The van der Waals surface area contributed by atoms with Gasteiger partial charge in [-0.25, -0.2) is 0 Å². The van der Waals surface area contributed by atoms with E-state index in [2.05, 4.69) is 12.2 Å². The van der Waals surface area contributed by atoms with E-state index in [4.69, 9.17) is 0 Å². The molecule has 2 aliphatic rings. The van der Waals surface area contributed by atoms with Crippen LogP contribution in [-0.2, 0) is 0 Å². The first-order chi connectivity index (χ1) is 8.74. The molecule has 3 rings (SSSR count). The molecule has 1 aromatic carbocycles. The van der Waals surface area contributed by atoms with Crippen LogP contribution >= 0.6 is 0 Å². The number of phenols is 1. The highest BCUT2D eigenvalue weighted by atomic mass is 16.3. The van der Waals surface area contributed by atoms with E-state index in [0.29, 0.717) is 12.1 Å². The van der Waals surface area contributed by atoms with Gasteiger partial charge in [-0.05, 0) is 41.8 Å². The number of hydrogen-bond donors (Lipinski definition) is 1. The van der Waals surface area contributed by atoms with Crippen molar-refractivity contribution in [2.75, 3.05) is 6.54 Å². The number of benzene rings is 1. The van der Waals surface area contributed by atoms with Gasteiger partial charge in [-0.15, -0.1) is 0 Å². The van der Waals surface area contributed by atoms with Crippen LogP contribution in [0.2, 0.25) is 0 Å². The fraction of sp³-hybridized carbons (Fsp3) is 0.133. The van der Waals surface area contributed by atoms with E-state index in [9.17, 15) is 9.90 Å². The molecule has 1 aromatic rings. The van der Waals surface area contributed by atoms with E-state index in [1.807, 2.05) is 12.3 Å². The van der Waals surface area contributed by atoms with Crippen LogP contribution in [0.25, 0.3) is 0 Å². The standard InChI is InChI=1S/C15H13NO2/c17-14-7-5-11(6-8-14)15(18)16-9-12-3-1-2-4-13(12)10-16/h1-3,5-8,10,17H,4,9H2. The summed E-state index contributed by atoms with van der Waals surface area (Å²) < 4.78 is 0. The van der Waals surface area contributed by atoms with Crippen LogP contribution in [0.4, 0.5) is 0 Å². The maximum atomic E-state index is 12.3. The second-order valence-electron chi connectivity index (χ2n) is 4.46. The van der Waals surface area contributed by atoms with Gasteiger partial charge < -0.3 is 10.0 Å². The topological polar surface area (TPSA) is 40.5 Å². The molecule has 1 aliphatic heterocycles. The average molecular weight is 239 g/mol. The Morgan fingerprint density at radius 2 is 1.94 bits per heavy atom. The van der Waals surface area contributed by atoms with E-state index >= 15 is 0 Å². The summed E-state index contributed by atoms with van der Waals surface area (Å²) in [5.74, 6) is 0.143. The molecule has 0 saturated heterocycles. The van der Waals surface area contributed by atoms with E-state index in [0.717, 1.165) is 6.42 Å². The van der Waals surface area contributed by atoms with Crippen LogP contribution in [0.15, 0.2) is 59.8 Å². The third-order valence-corrected chi connectivity index (χ3v) is 3.21. The second-order valence-corrected chi connectivity index (χ2v) is 4.46. The normalized spacial score (nSPS) is 17.2. The molecule has 0 saturated carbocycles. The molecule has 1 heterocycles. The summed E-state index contributed by atoms with van der Waals surface area (Å²) in [5.41, 5.74) is 3.02. The van der Waals surface area contributed by atoms with E-state index < -0.39 is 0 Å². The fourth-order valence-corrected chi connectivity index (χ4v) is 2.22. The summed E-state index contributed by atoms with van der Waals surface area (Å²) in [6.45, 7) is 0.638.